The smallest absolute Gasteiger partial charge is 0.272 e. The van der Waals surface area contributed by atoms with Crippen LogP contribution in [0.25, 0.3) is 0 Å². The average molecular weight is 306 g/mol. The number of carbonyl (C=O) groups excluding carboxylic acids is 1. The molecular weight excluding hydrogens is 285 g/mol. The van der Waals surface area contributed by atoms with Crippen molar-refractivity contribution in [3.63, 3.8) is 0 Å². The zero-order valence-corrected chi connectivity index (χ0v) is 12.9. The zero-order chi connectivity index (χ0) is 12.3. The molecule has 1 amide bonds. The third-order valence-corrected chi connectivity index (χ3v) is 3.40. The van der Waals surface area contributed by atoms with E-state index in [1.165, 1.54) is 0 Å². The van der Waals surface area contributed by atoms with Crippen molar-refractivity contribution in [3.05, 3.63) is 29.6 Å². The van der Waals surface area contributed by atoms with Gasteiger partial charge in [-0.15, -0.1) is 24.8 Å². The van der Waals surface area contributed by atoms with Gasteiger partial charge < -0.3 is 10.2 Å². The fourth-order valence-corrected chi connectivity index (χ4v) is 2.23. The average Bonchev–Trinajstić information content (AvgIpc) is 2.39. The number of piperidine rings is 1. The summed E-state index contributed by atoms with van der Waals surface area (Å²) < 4.78 is 0. The summed E-state index contributed by atoms with van der Waals surface area (Å²) in [6.45, 7) is 3.57. The quantitative estimate of drug-likeness (QED) is 0.909. The molecule has 0 saturated carbocycles. The van der Waals surface area contributed by atoms with Gasteiger partial charge in [0.1, 0.15) is 5.69 Å². The molecule has 2 heterocycles. The Morgan fingerprint density at radius 2 is 2.00 bits per heavy atom. The molecular formula is C13H21Cl2N3O. The van der Waals surface area contributed by atoms with Crippen LogP contribution in [0.4, 0.5) is 0 Å². The number of aromatic nitrogens is 1. The molecule has 1 aromatic rings. The first kappa shape index (κ1) is 18.2. The SMILES string of the molecule is CNC1CCN(C(=O)c2ncccc2C)CC1.Cl.Cl. The van der Waals surface area contributed by atoms with Gasteiger partial charge in [-0.1, -0.05) is 6.07 Å². The van der Waals surface area contributed by atoms with E-state index >= 15 is 0 Å². The third kappa shape index (κ3) is 4.34. The zero-order valence-electron chi connectivity index (χ0n) is 11.3. The summed E-state index contributed by atoms with van der Waals surface area (Å²) in [5.41, 5.74) is 1.55. The monoisotopic (exact) mass is 305 g/mol. The molecule has 1 aliphatic rings. The van der Waals surface area contributed by atoms with E-state index in [4.69, 9.17) is 0 Å². The van der Waals surface area contributed by atoms with E-state index in [9.17, 15) is 4.79 Å². The molecule has 0 aromatic carbocycles. The predicted molar refractivity (Wildman–Crippen MR) is 81.5 cm³/mol. The lowest BCUT2D eigenvalue weighted by Crippen LogP contribution is -2.44. The molecule has 0 unspecified atom stereocenters. The number of pyridine rings is 1. The Bertz CT molecular complexity index is 407. The molecule has 0 aliphatic carbocycles. The van der Waals surface area contributed by atoms with Crippen LogP contribution in [-0.2, 0) is 0 Å². The minimum absolute atomic E-state index is 0. The van der Waals surface area contributed by atoms with E-state index in [-0.39, 0.29) is 30.7 Å². The van der Waals surface area contributed by atoms with Crippen molar-refractivity contribution < 1.29 is 4.79 Å². The van der Waals surface area contributed by atoms with E-state index in [0.717, 1.165) is 31.5 Å². The molecule has 0 radical (unpaired) electrons. The molecule has 0 spiro atoms. The summed E-state index contributed by atoms with van der Waals surface area (Å²) in [5, 5.41) is 3.26. The van der Waals surface area contributed by atoms with Gasteiger partial charge in [-0.05, 0) is 38.4 Å². The minimum Gasteiger partial charge on any atom is -0.337 e. The second kappa shape index (κ2) is 8.35. The molecule has 0 bridgehead atoms. The number of likely N-dealkylation sites (tertiary alicyclic amines) is 1. The number of amides is 1. The molecule has 1 aliphatic heterocycles. The van der Waals surface area contributed by atoms with Gasteiger partial charge in [-0.3, -0.25) is 9.78 Å². The van der Waals surface area contributed by atoms with Crippen molar-refractivity contribution in [1.82, 2.24) is 15.2 Å². The molecule has 0 atom stereocenters. The Balaban J connectivity index is 0.00000162. The summed E-state index contributed by atoms with van der Waals surface area (Å²) in [5.74, 6) is 0.0673. The van der Waals surface area contributed by atoms with Crippen LogP contribution in [0, 0.1) is 6.92 Å². The first-order valence-electron chi connectivity index (χ1n) is 6.10. The highest BCUT2D eigenvalue weighted by atomic mass is 35.5. The number of aryl methyl sites for hydroxylation is 1. The molecule has 1 aromatic heterocycles. The maximum atomic E-state index is 12.3. The van der Waals surface area contributed by atoms with E-state index in [1.54, 1.807) is 6.20 Å². The summed E-state index contributed by atoms with van der Waals surface area (Å²) in [7, 11) is 1.98. The maximum absolute atomic E-state index is 12.3. The summed E-state index contributed by atoms with van der Waals surface area (Å²) >= 11 is 0. The van der Waals surface area contributed by atoms with E-state index in [0.29, 0.717) is 11.7 Å². The van der Waals surface area contributed by atoms with Crippen molar-refractivity contribution in [1.29, 1.82) is 0 Å². The van der Waals surface area contributed by atoms with Crippen molar-refractivity contribution >= 4 is 30.7 Å². The number of hydrogen-bond acceptors (Lipinski definition) is 3. The second-order valence-corrected chi connectivity index (χ2v) is 4.52. The van der Waals surface area contributed by atoms with Gasteiger partial charge in [0.15, 0.2) is 0 Å². The highest BCUT2D eigenvalue weighted by Crippen LogP contribution is 2.14. The maximum Gasteiger partial charge on any atom is 0.272 e. The minimum atomic E-state index is 0. The van der Waals surface area contributed by atoms with E-state index in [2.05, 4.69) is 10.3 Å². The number of hydrogen-bond donors (Lipinski definition) is 1. The Hall–Kier alpha value is -0.840. The predicted octanol–water partition coefficient (Wildman–Crippen LogP) is 2.06. The number of nitrogens with one attached hydrogen (secondary N) is 1. The van der Waals surface area contributed by atoms with E-state index in [1.807, 2.05) is 31.0 Å². The summed E-state index contributed by atoms with van der Waals surface area (Å²) in [6, 6.07) is 4.34. The van der Waals surface area contributed by atoms with Gasteiger partial charge in [-0.25, -0.2) is 0 Å². The topological polar surface area (TPSA) is 45.2 Å². The van der Waals surface area contributed by atoms with Crippen LogP contribution in [0.15, 0.2) is 18.3 Å². The van der Waals surface area contributed by atoms with Gasteiger partial charge in [0.25, 0.3) is 5.91 Å². The number of halogens is 2. The standard InChI is InChI=1S/C13H19N3O.2ClH/c1-10-4-3-7-15-12(10)13(17)16-8-5-11(14-2)6-9-16;;/h3-4,7,11,14H,5-6,8-9H2,1-2H3;2*1H. The number of carbonyl (C=O) groups is 1. The number of nitrogens with zero attached hydrogens (tertiary/aromatic N) is 2. The van der Waals surface area contributed by atoms with Gasteiger partial charge >= 0.3 is 0 Å². The van der Waals surface area contributed by atoms with Crippen molar-refractivity contribution in [2.75, 3.05) is 20.1 Å². The van der Waals surface area contributed by atoms with Gasteiger partial charge in [0, 0.05) is 25.3 Å². The number of rotatable bonds is 2. The van der Waals surface area contributed by atoms with Crippen LogP contribution in [-0.4, -0.2) is 42.0 Å². The van der Waals surface area contributed by atoms with Crippen LogP contribution >= 0.6 is 24.8 Å². The Morgan fingerprint density at radius 1 is 1.37 bits per heavy atom. The lowest BCUT2D eigenvalue weighted by Gasteiger charge is -2.31. The lowest BCUT2D eigenvalue weighted by molar-refractivity contribution is 0.0700. The molecule has 1 saturated heterocycles. The third-order valence-electron chi connectivity index (χ3n) is 3.40. The van der Waals surface area contributed by atoms with Crippen LogP contribution in [0.3, 0.4) is 0 Å². The second-order valence-electron chi connectivity index (χ2n) is 4.52. The fourth-order valence-electron chi connectivity index (χ4n) is 2.23. The Morgan fingerprint density at radius 3 is 2.53 bits per heavy atom. The van der Waals surface area contributed by atoms with Gasteiger partial charge in [-0.2, -0.15) is 0 Å². The molecule has 108 valence electrons. The summed E-state index contributed by atoms with van der Waals surface area (Å²) in [4.78, 5) is 18.4. The largest absolute Gasteiger partial charge is 0.337 e. The van der Waals surface area contributed by atoms with Crippen LogP contribution in [0.2, 0.25) is 0 Å². The Kier molecular flexibility index (Phi) is 7.99. The molecule has 4 nitrogen and oxygen atoms in total. The molecule has 1 N–H and O–H groups in total. The summed E-state index contributed by atoms with van der Waals surface area (Å²) in [6.07, 6.45) is 3.73. The lowest BCUT2D eigenvalue weighted by atomic mass is 10.0. The van der Waals surface area contributed by atoms with Crippen LogP contribution < -0.4 is 5.32 Å². The van der Waals surface area contributed by atoms with Gasteiger partial charge in [0.05, 0.1) is 0 Å². The molecule has 19 heavy (non-hydrogen) atoms. The van der Waals surface area contributed by atoms with Crippen LogP contribution in [0.1, 0.15) is 28.9 Å². The Labute approximate surface area is 126 Å². The fraction of sp³-hybridized carbons (Fsp3) is 0.538. The molecule has 6 heteroatoms. The van der Waals surface area contributed by atoms with Gasteiger partial charge in [0.2, 0.25) is 0 Å². The van der Waals surface area contributed by atoms with E-state index < -0.39 is 0 Å². The molecule has 1 fully saturated rings. The molecule has 2 rings (SSSR count). The first-order chi connectivity index (χ1) is 8.22. The first-order valence-corrected chi connectivity index (χ1v) is 6.10. The highest BCUT2D eigenvalue weighted by molar-refractivity contribution is 5.93. The normalized spacial score (nSPS) is 15.4. The van der Waals surface area contributed by atoms with Crippen LogP contribution in [0.5, 0.6) is 0 Å². The van der Waals surface area contributed by atoms with Crippen molar-refractivity contribution in [3.8, 4) is 0 Å². The van der Waals surface area contributed by atoms with Crippen molar-refractivity contribution in [2.45, 2.75) is 25.8 Å². The highest BCUT2D eigenvalue weighted by Gasteiger charge is 2.24. The van der Waals surface area contributed by atoms with Crippen molar-refractivity contribution in [2.24, 2.45) is 0 Å².